The number of nitrogens with zero attached hydrogens (tertiary/aromatic N) is 1. The molecule has 3 nitrogen and oxygen atoms in total. The van der Waals surface area contributed by atoms with Gasteiger partial charge in [0.15, 0.2) is 0 Å². The number of hydrogen-bond donors (Lipinski definition) is 1. The van der Waals surface area contributed by atoms with Gasteiger partial charge in [0, 0.05) is 0 Å². The number of rotatable bonds is 1. The van der Waals surface area contributed by atoms with Gasteiger partial charge in [0.2, 0.25) is 0 Å². The molecule has 3 heteroatoms. The molecule has 1 saturated heterocycles. The van der Waals surface area contributed by atoms with Crippen molar-refractivity contribution in [1.82, 2.24) is 5.06 Å². The van der Waals surface area contributed by atoms with E-state index in [9.17, 15) is 0 Å². The zero-order valence-electron chi connectivity index (χ0n) is 6.00. The maximum absolute atomic E-state index is 8.98. The SMILES string of the molecule is CC#CCN1CC(O)CO1. The van der Waals surface area contributed by atoms with Crippen LogP contribution in [0.2, 0.25) is 0 Å². The molecule has 1 fully saturated rings. The van der Waals surface area contributed by atoms with Gasteiger partial charge in [-0.15, -0.1) is 5.92 Å². The van der Waals surface area contributed by atoms with Crippen LogP contribution in [0.15, 0.2) is 0 Å². The fraction of sp³-hybridized carbons (Fsp3) is 0.714. The number of β-amino-alcohol motifs (C(OH)–C–C–N with tert-alkyl or cyclic N) is 1. The molecule has 1 heterocycles. The van der Waals surface area contributed by atoms with Crippen molar-refractivity contribution in [2.75, 3.05) is 19.7 Å². The summed E-state index contributed by atoms with van der Waals surface area (Å²) in [5.41, 5.74) is 0. The Morgan fingerprint density at radius 2 is 2.60 bits per heavy atom. The zero-order valence-corrected chi connectivity index (χ0v) is 6.00. The predicted octanol–water partition coefficient (Wildman–Crippen LogP) is -0.382. The molecule has 0 spiro atoms. The first-order valence-corrected chi connectivity index (χ1v) is 3.28. The monoisotopic (exact) mass is 141 g/mol. The van der Waals surface area contributed by atoms with Crippen molar-refractivity contribution >= 4 is 0 Å². The van der Waals surface area contributed by atoms with E-state index in [0.717, 1.165) is 0 Å². The lowest BCUT2D eigenvalue weighted by Gasteiger charge is -2.07. The van der Waals surface area contributed by atoms with Gasteiger partial charge in [-0.05, 0) is 6.92 Å². The number of aliphatic hydroxyl groups is 1. The van der Waals surface area contributed by atoms with E-state index in [1.165, 1.54) is 0 Å². The van der Waals surface area contributed by atoms with Crippen LogP contribution in [0.5, 0.6) is 0 Å². The molecule has 1 aliphatic heterocycles. The summed E-state index contributed by atoms with van der Waals surface area (Å²) in [5.74, 6) is 5.61. The van der Waals surface area contributed by atoms with Crippen molar-refractivity contribution in [3.63, 3.8) is 0 Å². The van der Waals surface area contributed by atoms with Crippen LogP contribution in [0.1, 0.15) is 6.92 Å². The maximum Gasteiger partial charge on any atom is 0.0958 e. The highest BCUT2D eigenvalue weighted by molar-refractivity contribution is 4.97. The van der Waals surface area contributed by atoms with E-state index in [-0.39, 0.29) is 6.10 Å². The Morgan fingerprint density at radius 1 is 1.80 bits per heavy atom. The molecular weight excluding hydrogens is 130 g/mol. The zero-order chi connectivity index (χ0) is 7.40. The van der Waals surface area contributed by atoms with E-state index < -0.39 is 0 Å². The average molecular weight is 141 g/mol. The quantitative estimate of drug-likeness (QED) is 0.505. The predicted molar refractivity (Wildman–Crippen MR) is 37.0 cm³/mol. The minimum Gasteiger partial charge on any atom is -0.389 e. The summed E-state index contributed by atoms with van der Waals surface area (Å²) in [4.78, 5) is 5.05. The summed E-state index contributed by atoms with van der Waals surface area (Å²) in [7, 11) is 0. The molecule has 1 rings (SSSR count). The Kier molecular flexibility index (Phi) is 2.69. The molecule has 1 N–H and O–H groups in total. The first kappa shape index (κ1) is 7.55. The van der Waals surface area contributed by atoms with Gasteiger partial charge in [-0.25, -0.2) is 0 Å². The van der Waals surface area contributed by atoms with Crippen molar-refractivity contribution < 1.29 is 9.94 Å². The Hall–Kier alpha value is -0.560. The molecule has 0 bridgehead atoms. The molecule has 0 aromatic rings. The van der Waals surface area contributed by atoms with Crippen LogP contribution in [0.4, 0.5) is 0 Å². The molecule has 1 unspecified atom stereocenters. The summed E-state index contributed by atoms with van der Waals surface area (Å²) in [6, 6.07) is 0. The summed E-state index contributed by atoms with van der Waals surface area (Å²) in [5, 5.41) is 10.7. The van der Waals surface area contributed by atoms with Gasteiger partial charge in [0.05, 0.1) is 25.8 Å². The molecule has 0 amide bonds. The first-order chi connectivity index (χ1) is 4.83. The Morgan fingerprint density at radius 3 is 3.10 bits per heavy atom. The standard InChI is InChI=1S/C7H11NO2/c1-2-3-4-8-5-7(9)6-10-8/h7,9H,4-6H2,1H3. The second-order valence-corrected chi connectivity index (χ2v) is 2.20. The topological polar surface area (TPSA) is 32.7 Å². The van der Waals surface area contributed by atoms with E-state index in [1.54, 1.807) is 12.0 Å². The lowest BCUT2D eigenvalue weighted by Crippen LogP contribution is -2.21. The Bertz CT molecular complexity index is 159. The number of aliphatic hydroxyl groups excluding tert-OH is 1. The van der Waals surface area contributed by atoms with Crippen molar-refractivity contribution in [2.24, 2.45) is 0 Å². The minimum atomic E-state index is -0.335. The fourth-order valence-electron chi connectivity index (χ4n) is 0.809. The van der Waals surface area contributed by atoms with Crippen LogP contribution in [-0.4, -0.2) is 36.0 Å². The molecule has 0 aromatic heterocycles. The van der Waals surface area contributed by atoms with Gasteiger partial charge in [0.1, 0.15) is 0 Å². The minimum absolute atomic E-state index is 0.335. The van der Waals surface area contributed by atoms with Crippen molar-refractivity contribution in [1.29, 1.82) is 0 Å². The maximum atomic E-state index is 8.98. The van der Waals surface area contributed by atoms with Gasteiger partial charge in [-0.3, -0.25) is 4.84 Å². The smallest absolute Gasteiger partial charge is 0.0958 e. The van der Waals surface area contributed by atoms with Gasteiger partial charge in [0.25, 0.3) is 0 Å². The van der Waals surface area contributed by atoms with Crippen LogP contribution in [0, 0.1) is 11.8 Å². The number of hydrogen-bond acceptors (Lipinski definition) is 3. The van der Waals surface area contributed by atoms with Crippen molar-refractivity contribution in [2.45, 2.75) is 13.0 Å². The normalized spacial score (nSPS) is 26.0. The fourth-order valence-corrected chi connectivity index (χ4v) is 0.809. The van der Waals surface area contributed by atoms with Crippen LogP contribution in [0.3, 0.4) is 0 Å². The van der Waals surface area contributed by atoms with Gasteiger partial charge < -0.3 is 5.11 Å². The van der Waals surface area contributed by atoms with Crippen LogP contribution in [-0.2, 0) is 4.84 Å². The molecule has 0 aliphatic carbocycles. The van der Waals surface area contributed by atoms with E-state index in [1.807, 2.05) is 0 Å². The van der Waals surface area contributed by atoms with Gasteiger partial charge in [-0.2, -0.15) is 5.06 Å². The third-order valence-electron chi connectivity index (χ3n) is 1.30. The molecule has 56 valence electrons. The summed E-state index contributed by atoms with van der Waals surface area (Å²) < 4.78 is 0. The Labute approximate surface area is 60.5 Å². The second kappa shape index (κ2) is 3.57. The molecule has 1 atom stereocenters. The highest BCUT2D eigenvalue weighted by atomic mass is 16.7. The van der Waals surface area contributed by atoms with Gasteiger partial charge in [-0.1, -0.05) is 5.92 Å². The number of hydroxylamine groups is 2. The molecule has 0 radical (unpaired) electrons. The molecule has 10 heavy (non-hydrogen) atoms. The molecular formula is C7H11NO2. The Balaban J connectivity index is 2.22. The highest BCUT2D eigenvalue weighted by Gasteiger charge is 2.19. The van der Waals surface area contributed by atoms with E-state index in [2.05, 4.69) is 11.8 Å². The lowest BCUT2D eigenvalue weighted by atomic mass is 10.4. The first-order valence-electron chi connectivity index (χ1n) is 3.28. The van der Waals surface area contributed by atoms with Crippen LogP contribution >= 0.6 is 0 Å². The second-order valence-electron chi connectivity index (χ2n) is 2.20. The summed E-state index contributed by atoms with van der Waals surface area (Å²) >= 11 is 0. The third-order valence-corrected chi connectivity index (χ3v) is 1.30. The largest absolute Gasteiger partial charge is 0.389 e. The van der Waals surface area contributed by atoms with Gasteiger partial charge >= 0.3 is 0 Å². The van der Waals surface area contributed by atoms with Crippen LogP contribution in [0.25, 0.3) is 0 Å². The summed E-state index contributed by atoms with van der Waals surface area (Å²) in [6.07, 6.45) is -0.335. The molecule has 0 aromatic carbocycles. The lowest BCUT2D eigenvalue weighted by molar-refractivity contribution is -0.0994. The van der Waals surface area contributed by atoms with E-state index >= 15 is 0 Å². The van der Waals surface area contributed by atoms with Crippen molar-refractivity contribution in [3.8, 4) is 11.8 Å². The molecule has 0 saturated carbocycles. The third kappa shape index (κ3) is 1.99. The van der Waals surface area contributed by atoms with E-state index in [0.29, 0.717) is 19.7 Å². The highest BCUT2D eigenvalue weighted by Crippen LogP contribution is 2.03. The average Bonchev–Trinajstić information content (AvgIpc) is 2.31. The van der Waals surface area contributed by atoms with Crippen LogP contribution < -0.4 is 0 Å². The summed E-state index contributed by atoms with van der Waals surface area (Å²) in [6.45, 7) is 3.36. The van der Waals surface area contributed by atoms with Crippen molar-refractivity contribution in [3.05, 3.63) is 0 Å². The van der Waals surface area contributed by atoms with E-state index in [4.69, 9.17) is 9.94 Å². The molecule has 1 aliphatic rings.